The summed E-state index contributed by atoms with van der Waals surface area (Å²) < 4.78 is 0. The van der Waals surface area contributed by atoms with Crippen LogP contribution in [0.3, 0.4) is 0 Å². The molecule has 1 amide bonds. The van der Waals surface area contributed by atoms with Gasteiger partial charge in [0.1, 0.15) is 0 Å². The monoisotopic (exact) mass is 288 g/mol. The smallest absolute Gasteiger partial charge is 0.225 e. The van der Waals surface area contributed by atoms with Crippen molar-refractivity contribution in [2.24, 2.45) is 5.92 Å². The van der Waals surface area contributed by atoms with Gasteiger partial charge < -0.3 is 4.90 Å². The predicted molar refractivity (Wildman–Crippen MR) is 83.4 cm³/mol. The van der Waals surface area contributed by atoms with Crippen LogP contribution in [0.2, 0.25) is 0 Å². The molecule has 1 aromatic carbocycles. The zero-order chi connectivity index (χ0) is 15.4. The number of hydrogen-bond acceptors (Lipinski definition) is 3. The number of hydrogen-bond donors (Lipinski definition) is 0. The van der Waals surface area contributed by atoms with Crippen LogP contribution in [0.4, 0.5) is 0 Å². The summed E-state index contributed by atoms with van der Waals surface area (Å²) in [5.41, 5.74) is 1.92. The van der Waals surface area contributed by atoms with Gasteiger partial charge in [-0.1, -0.05) is 43.7 Å². The molecule has 1 fully saturated rings. The molecular formula is C17H24N2O2. The lowest BCUT2D eigenvalue weighted by Crippen LogP contribution is -2.50. The van der Waals surface area contributed by atoms with E-state index in [9.17, 15) is 9.59 Å². The van der Waals surface area contributed by atoms with E-state index in [4.69, 9.17) is 0 Å². The Morgan fingerprint density at radius 2 is 1.62 bits per heavy atom. The molecule has 4 heteroatoms. The van der Waals surface area contributed by atoms with E-state index in [0.29, 0.717) is 6.54 Å². The van der Waals surface area contributed by atoms with Gasteiger partial charge in [-0.2, -0.15) is 0 Å². The Morgan fingerprint density at radius 1 is 1.05 bits per heavy atom. The number of benzene rings is 1. The molecule has 0 N–H and O–H groups in total. The molecule has 1 aliphatic heterocycles. The molecule has 1 aliphatic rings. The highest BCUT2D eigenvalue weighted by atomic mass is 16.2. The highest BCUT2D eigenvalue weighted by Crippen LogP contribution is 2.09. The second kappa shape index (κ2) is 6.85. The molecule has 4 nitrogen and oxygen atoms in total. The third-order valence-corrected chi connectivity index (χ3v) is 3.92. The third kappa shape index (κ3) is 4.14. The Hall–Kier alpha value is -1.68. The van der Waals surface area contributed by atoms with Crippen LogP contribution in [0.25, 0.3) is 0 Å². The third-order valence-electron chi connectivity index (χ3n) is 3.92. The van der Waals surface area contributed by atoms with E-state index in [1.807, 2.05) is 49.9 Å². The summed E-state index contributed by atoms with van der Waals surface area (Å²) in [6.45, 7) is 9.29. The topological polar surface area (TPSA) is 40.6 Å². The fourth-order valence-electron chi connectivity index (χ4n) is 2.53. The molecule has 1 heterocycles. The molecule has 0 aliphatic carbocycles. The fraction of sp³-hybridized carbons (Fsp3) is 0.529. The SMILES string of the molecule is Cc1ccc(C(=O)CN2CCN(C(=O)C(C)C)CC2)cc1. The van der Waals surface area contributed by atoms with Crippen LogP contribution in [0.1, 0.15) is 29.8 Å². The van der Waals surface area contributed by atoms with Gasteiger partial charge in [-0.05, 0) is 6.92 Å². The van der Waals surface area contributed by atoms with Crippen molar-refractivity contribution >= 4 is 11.7 Å². The van der Waals surface area contributed by atoms with E-state index >= 15 is 0 Å². The highest BCUT2D eigenvalue weighted by molar-refractivity contribution is 5.97. The molecule has 1 saturated heterocycles. The Kier molecular flexibility index (Phi) is 5.12. The van der Waals surface area contributed by atoms with E-state index < -0.39 is 0 Å². The van der Waals surface area contributed by atoms with Crippen molar-refractivity contribution in [2.75, 3.05) is 32.7 Å². The number of carbonyl (C=O) groups is 2. The highest BCUT2D eigenvalue weighted by Gasteiger charge is 2.23. The van der Waals surface area contributed by atoms with Gasteiger partial charge >= 0.3 is 0 Å². The van der Waals surface area contributed by atoms with Gasteiger partial charge in [-0.25, -0.2) is 0 Å². The molecule has 21 heavy (non-hydrogen) atoms. The van der Waals surface area contributed by atoms with Crippen LogP contribution in [0.5, 0.6) is 0 Å². The number of aryl methyl sites for hydroxylation is 1. The van der Waals surface area contributed by atoms with Crippen molar-refractivity contribution in [3.05, 3.63) is 35.4 Å². The minimum absolute atomic E-state index is 0.0470. The van der Waals surface area contributed by atoms with Crippen LogP contribution in [-0.2, 0) is 4.79 Å². The van der Waals surface area contributed by atoms with Gasteiger partial charge in [0, 0.05) is 37.7 Å². The predicted octanol–water partition coefficient (Wildman–Crippen LogP) is 1.98. The Labute approximate surface area is 126 Å². The van der Waals surface area contributed by atoms with Gasteiger partial charge in [0.2, 0.25) is 5.91 Å². The zero-order valence-electron chi connectivity index (χ0n) is 13.1. The van der Waals surface area contributed by atoms with Gasteiger partial charge in [0.05, 0.1) is 6.54 Å². The molecule has 2 rings (SSSR count). The molecule has 1 aromatic rings. The number of nitrogens with zero attached hydrogens (tertiary/aromatic N) is 2. The van der Waals surface area contributed by atoms with Crippen LogP contribution in [0.15, 0.2) is 24.3 Å². The molecule has 0 unspecified atom stereocenters. The number of Topliss-reactive ketones (excluding diaryl/α,β-unsaturated/α-hetero) is 1. The lowest BCUT2D eigenvalue weighted by atomic mass is 10.1. The molecule has 0 bridgehead atoms. The van der Waals surface area contributed by atoms with Crippen molar-refractivity contribution < 1.29 is 9.59 Å². The second-order valence-electron chi connectivity index (χ2n) is 6.05. The number of piperazine rings is 1. The average molecular weight is 288 g/mol. The quantitative estimate of drug-likeness (QED) is 0.795. The molecule has 0 spiro atoms. The van der Waals surface area contributed by atoms with E-state index in [0.717, 1.165) is 37.3 Å². The van der Waals surface area contributed by atoms with Crippen molar-refractivity contribution in [2.45, 2.75) is 20.8 Å². The summed E-state index contributed by atoms with van der Waals surface area (Å²) in [6.07, 6.45) is 0. The normalized spacial score (nSPS) is 16.3. The summed E-state index contributed by atoms with van der Waals surface area (Å²) in [6, 6.07) is 7.70. The van der Waals surface area contributed by atoms with E-state index in [2.05, 4.69) is 4.90 Å². The first kappa shape index (κ1) is 15.7. The summed E-state index contributed by atoms with van der Waals surface area (Å²) in [5.74, 6) is 0.406. The first-order valence-corrected chi connectivity index (χ1v) is 7.58. The molecule has 0 atom stereocenters. The lowest BCUT2D eigenvalue weighted by molar-refractivity contribution is -0.136. The van der Waals surface area contributed by atoms with Crippen LogP contribution in [0, 0.1) is 12.8 Å². The minimum Gasteiger partial charge on any atom is -0.340 e. The maximum Gasteiger partial charge on any atom is 0.225 e. The van der Waals surface area contributed by atoms with Gasteiger partial charge in [0.15, 0.2) is 5.78 Å². The van der Waals surface area contributed by atoms with Crippen molar-refractivity contribution in [3.63, 3.8) is 0 Å². The first-order chi connectivity index (χ1) is 9.97. The Morgan fingerprint density at radius 3 is 2.14 bits per heavy atom. The van der Waals surface area contributed by atoms with Crippen LogP contribution < -0.4 is 0 Å². The summed E-state index contributed by atoms with van der Waals surface area (Å²) in [7, 11) is 0. The molecule has 0 aromatic heterocycles. The number of carbonyl (C=O) groups excluding carboxylic acids is 2. The number of ketones is 1. The number of amides is 1. The van der Waals surface area contributed by atoms with Crippen molar-refractivity contribution in [3.8, 4) is 0 Å². The average Bonchev–Trinajstić information content (AvgIpc) is 2.47. The Bertz CT molecular complexity index is 500. The van der Waals surface area contributed by atoms with Crippen LogP contribution in [-0.4, -0.2) is 54.2 Å². The Balaban J connectivity index is 1.84. The number of rotatable bonds is 4. The summed E-state index contributed by atoms with van der Waals surface area (Å²) in [5, 5.41) is 0. The molecule has 0 saturated carbocycles. The molecule has 0 radical (unpaired) electrons. The maximum absolute atomic E-state index is 12.2. The molecule has 114 valence electrons. The summed E-state index contributed by atoms with van der Waals surface area (Å²) >= 11 is 0. The van der Waals surface area contributed by atoms with E-state index in [-0.39, 0.29) is 17.6 Å². The molecular weight excluding hydrogens is 264 g/mol. The van der Waals surface area contributed by atoms with Gasteiger partial charge in [-0.3, -0.25) is 14.5 Å². The fourth-order valence-corrected chi connectivity index (χ4v) is 2.53. The zero-order valence-corrected chi connectivity index (χ0v) is 13.1. The second-order valence-corrected chi connectivity index (χ2v) is 6.05. The van der Waals surface area contributed by atoms with Gasteiger partial charge in [-0.15, -0.1) is 0 Å². The van der Waals surface area contributed by atoms with Crippen LogP contribution >= 0.6 is 0 Å². The van der Waals surface area contributed by atoms with E-state index in [1.165, 1.54) is 0 Å². The summed E-state index contributed by atoms with van der Waals surface area (Å²) in [4.78, 5) is 28.2. The first-order valence-electron chi connectivity index (χ1n) is 7.58. The lowest BCUT2D eigenvalue weighted by Gasteiger charge is -2.35. The van der Waals surface area contributed by atoms with E-state index in [1.54, 1.807) is 0 Å². The van der Waals surface area contributed by atoms with Gasteiger partial charge in [0.25, 0.3) is 0 Å². The van der Waals surface area contributed by atoms with Crippen molar-refractivity contribution in [1.82, 2.24) is 9.80 Å². The largest absolute Gasteiger partial charge is 0.340 e. The standard InChI is InChI=1S/C17H24N2O2/c1-13(2)17(21)19-10-8-18(9-11-19)12-16(20)15-6-4-14(3)5-7-15/h4-7,13H,8-12H2,1-3H3. The maximum atomic E-state index is 12.2. The van der Waals surface area contributed by atoms with Crippen molar-refractivity contribution in [1.29, 1.82) is 0 Å². The minimum atomic E-state index is 0.0470.